The molecule has 0 aliphatic carbocycles. The normalized spacial score (nSPS) is 16.0. The fourth-order valence-electron chi connectivity index (χ4n) is 2.25. The van der Waals surface area contributed by atoms with Crippen molar-refractivity contribution in [3.8, 4) is 5.75 Å². The van der Waals surface area contributed by atoms with E-state index in [0.29, 0.717) is 4.91 Å². The highest BCUT2D eigenvalue weighted by atomic mass is 32.2. The van der Waals surface area contributed by atoms with Crippen molar-refractivity contribution >= 4 is 46.3 Å². The molecule has 1 N–H and O–H groups in total. The van der Waals surface area contributed by atoms with Gasteiger partial charge in [-0.2, -0.15) is 0 Å². The summed E-state index contributed by atoms with van der Waals surface area (Å²) in [6.07, 6.45) is 8.66. The van der Waals surface area contributed by atoms with Gasteiger partial charge in [0.25, 0.3) is 5.91 Å². The minimum atomic E-state index is -1.09. The van der Waals surface area contributed by atoms with Gasteiger partial charge in [0.15, 0.2) is 0 Å². The lowest BCUT2D eigenvalue weighted by Crippen LogP contribution is -2.33. The SMILES string of the molecule is CCCCCOc1ccc(C=CC=C2SC(=S)N(CC(=O)O)C2=O)cc1. The number of thiocarbonyl (C=S) groups is 1. The molecule has 1 aliphatic rings. The monoisotopic (exact) mass is 391 g/mol. The molecule has 1 amide bonds. The zero-order chi connectivity index (χ0) is 18.9. The molecule has 0 spiro atoms. The first-order valence-corrected chi connectivity index (χ1v) is 9.60. The number of rotatable bonds is 9. The molecule has 0 radical (unpaired) electrons. The number of allylic oxidation sites excluding steroid dienone is 2. The second-order valence-electron chi connectivity index (χ2n) is 5.67. The number of nitrogens with zero attached hydrogens (tertiary/aromatic N) is 1. The van der Waals surface area contributed by atoms with Gasteiger partial charge < -0.3 is 9.84 Å². The van der Waals surface area contributed by atoms with Crippen LogP contribution in [0, 0.1) is 0 Å². The van der Waals surface area contributed by atoms with Crippen LogP contribution in [0.3, 0.4) is 0 Å². The molecule has 2 rings (SSSR count). The first-order chi connectivity index (χ1) is 12.5. The molecule has 1 aliphatic heterocycles. The quantitative estimate of drug-likeness (QED) is 0.388. The number of carbonyl (C=O) groups excluding carboxylic acids is 1. The summed E-state index contributed by atoms with van der Waals surface area (Å²) in [7, 11) is 0. The summed E-state index contributed by atoms with van der Waals surface area (Å²) in [6.45, 7) is 2.47. The summed E-state index contributed by atoms with van der Waals surface area (Å²) in [5, 5.41) is 8.82. The van der Waals surface area contributed by atoms with Crippen molar-refractivity contribution in [1.29, 1.82) is 0 Å². The number of hydrogen-bond acceptors (Lipinski definition) is 5. The number of aliphatic carboxylic acids is 1. The van der Waals surface area contributed by atoms with E-state index in [2.05, 4.69) is 6.92 Å². The van der Waals surface area contributed by atoms with Gasteiger partial charge in [-0.05, 0) is 30.2 Å². The number of thioether (sulfide) groups is 1. The van der Waals surface area contributed by atoms with Gasteiger partial charge in [0.2, 0.25) is 0 Å². The number of carbonyl (C=O) groups is 2. The number of carboxylic acids is 1. The Bertz CT molecular complexity index is 726. The Morgan fingerprint density at radius 3 is 2.69 bits per heavy atom. The van der Waals surface area contributed by atoms with E-state index in [0.717, 1.165) is 41.0 Å². The van der Waals surface area contributed by atoms with Gasteiger partial charge >= 0.3 is 5.97 Å². The minimum Gasteiger partial charge on any atom is -0.494 e. The Hall–Kier alpha value is -2.12. The maximum Gasteiger partial charge on any atom is 0.323 e. The fourth-order valence-corrected chi connectivity index (χ4v) is 3.46. The number of amides is 1. The molecule has 1 fully saturated rings. The summed E-state index contributed by atoms with van der Waals surface area (Å²) in [5.74, 6) is -0.620. The molecule has 26 heavy (non-hydrogen) atoms. The molecule has 138 valence electrons. The highest BCUT2D eigenvalue weighted by Crippen LogP contribution is 2.30. The van der Waals surface area contributed by atoms with Gasteiger partial charge in [0.1, 0.15) is 16.6 Å². The number of carboxylic acid groups (broad SMARTS) is 1. The van der Waals surface area contributed by atoms with Crippen LogP contribution in [0.1, 0.15) is 31.7 Å². The molecule has 0 aromatic heterocycles. The van der Waals surface area contributed by atoms with Crippen molar-refractivity contribution in [1.82, 2.24) is 4.90 Å². The van der Waals surface area contributed by atoms with Gasteiger partial charge in [-0.15, -0.1) is 0 Å². The van der Waals surface area contributed by atoms with Crippen LogP contribution in [0.2, 0.25) is 0 Å². The predicted octanol–water partition coefficient (Wildman–Crippen LogP) is 4.10. The summed E-state index contributed by atoms with van der Waals surface area (Å²) in [4.78, 5) is 24.4. The first-order valence-electron chi connectivity index (χ1n) is 8.38. The molecule has 0 saturated carbocycles. The molecule has 1 aromatic carbocycles. The van der Waals surface area contributed by atoms with E-state index in [-0.39, 0.29) is 10.2 Å². The van der Waals surface area contributed by atoms with Crippen LogP contribution >= 0.6 is 24.0 Å². The largest absolute Gasteiger partial charge is 0.494 e. The second kappa shape index (κ2) is 10.1. The van der Waals surface area contributed by atoms with Gasteiger partial charge in [0.05, 0.1) is 11.5 Å². The topological polar surface area (TPSA) is 66.8 Å². The number of hydrogen-bond donors (Lipinski definition) is 1. The van der Waals surface area contributed by atoms with Crippen LogP contribution in [-0.2, 0) is 9.59 Å². The smallest absolute Gasteiger partial charge is 0.323 e. The molecule has 0 unspecified atom stereocenters. The van der Waals surface area contributed by atoms with Crippen LogP contribution in [0.5, 0.6) is 5.75 Å². The van der Waals surface area contributed by atoms with E-state index < -0.39 is 12.5 Å². The van der Waals surface area contributed by atoms with E-state index in [9.17, 15) is 9.59 Å². The molecular weight excluding hydrogens is 370 g/mol. The van der Waals surface area contributed by atoms with Gasteiger partial charge in [-0.3, -0.25) is 14.5 Å². The van der Waals surface area contributed by atoms with Crippen molar-refractivity contribution in [2.75, 3.05) is 13.2 Å². The molecule has 0 bridgehead atoms. The Morgan fingerprint density at radius 1 is 1.31 bits per heavy atom. The zero-order valence-electron chi connectivity index (χ0n) is 14.5. The fraction of sp³-hybridized carbons (Fsp3) is 0.316. The Labute approximate surface area is 162 Å². The van der Waals surface area contributed by atoms with Crippen molar-refractivity contribution in [2.24, 2.45) is 0 Å². The minimum absolute atomic E-state index is 0.265. The second-order valence-corrected chi connectivity index (χ2v) is 7.34. The lowest BCUT2D eigenvalue weighted by molar-refractivity contribution is -0.140. The van der Waals surface area contributed by atoms with Gasteiger partial charge in [-0.25, -0.2) is 0 Å². The van der Waals surface area contributed by atoms with E-state index in [4.69, 9.17) is 22.1 Å². The summed E-state index contributed by atoms with van der Waals surface area (Å²) < 4.78 is 5.93. The van der Waals surface area contributed by atoms with Crippen molar-refractivity contribution in [2.45, 2.75) is 26.2 Å². The Balaban J connectivity index is 1.91. The van der Waals surface area contributed by atoms with Gasteiger partial charge in [0, 0.05) is 0 Å². The third-order valence-electron chi connectivity index (χ3n) is 3.60. The van der Waals surface area contributed by atoms with E-state index in [1.165, 1.54) is 12.8 Å². The Morgan fingerprint density at radius 2 is 2.04 bits per heavy atom. The number of unbranched alkanes of at least 4 members (excludes halogenated alkanes) is 2. The van der Waals surface area contributed by atoms with Crippen molar-refractivity contribution in [3.63, 3.8) is 0 Å². The van der Waals surface area contributed by atoms with Crippen LogP contribution < -0.4 is 4.74 Å². The standard InChI is InChI=1S/C19H21NO4S2/c1-2-3-4-12-24-15-10-8-14(9-11-15)6-5-7-16-18(23)20(13-17(21)22)19(25)26-16/h5-11H,2-4,12-13H2,1H3,(H,21,22). The molecule has 5 nitrogen and oxygen atoms in total. The highest BCUT2D eigenvalue weighted by molar-refractivity contribution is 8.26. The maximum atomic E-state index is 12.1. The first kappa shape index (κ1) is 20.2. The molecule has 1 saturated heterocycles. The van der Waals surface area contributed by atoms with E-state index in [1.807, 2.05) is 30.3 Å². The molecular formula is C19H21NO4S2. The summed E-state index contributed by atoms with van der Waals surface area (Å²) in [6, 6.07) is 7.71. The van der Waals surface area contributed by atoms with Crippen LogP contribution in [0.15, 0.2) is 41.3 Å². The zero-order valence-corrected chi connectivity index (χ0v) is 16.1. The van der Waals surface area contributed by atoms with Crippen LogP contribution in [0.25, 0.3) is 6.08 Å². The summed E-state index contributed by atoms with van der Waals surface area (Å²) >= 11 is 6.16. The Kier molecular flexibility index (Phi) is 7.87. The number of benzene rings is 1. The molecule has 0 atom stereocenters. The van der Waals surface area contributed by atoms with E-state index >= 15 is 0 Å². The summed E-state index contributed by atoms with van der Waals surface area (Å²) in [5.41, 5.74) is 0.975. The lowest BCUT2D eigenvalue weighted by atomic mass is 10.2. The lowest BCUT2D eigenvalue weighted by Gasteiger charge is -2.09. The average Bonchev–Trinajstić information content (AvgIpc) is 2.87. The predicted molar refractivity (Wildman–Crippen MR) is 108 cm³/mol. The highest BCUT2D eigenvalue weighted by Gasteiger charge is 2.32. The molecule has 7 heteroatoms. The van der Waals surface area contributed by atoms with Gasteiger partial charge in [-0.1, -0.05) is 68.0 Å². The van der Waals surface area contributed by atoms with Crippen LogP contribution in [-0.4, -0.2) is 39.4 Å². The third kappa shape index (κ3) is 6.00. The van der Waals surface area contributed by atoms with Crippen molar-refractivity contribution in [3.05, 3.63) is 46.9 Å². The third-order valence-corrected chi connectivity index (χ3v) is 5.00. The number of ether oxygens (including phenoxy) is 1. The molecule has 1 heterocycles. The van der Waals surface area contributed by atoms with Crippen molar-refractivity contribution < 1.29 is 19.4 Å². The van der Waals surface area contributed by atoms with E-state index in [1.54, 1.807) is 12.2 Å². The maximum absolute atomic E-state index is 12.1. The average molecular weight is 392 g/mol. The molecule has 1 aromatic rings. The van der Waals surface area contributed by atoms with Crippen LogP contribution in [0.4, 0.5) is 0 Å².